The van der Waals surface area contributed by atoms with Crippen molar-refractivity contribution < 1.29 is 0 Å². The predicted molar refractivity (Wildman–Crippen MR) is 64.4 cm³/mol. The summed E-state index contributed by atoms with van der Waals surface area (Å²) < 4.78 is 0. The number of halogens is 3. The molecule has 0 aliphatic heterocycles. The molecule has 72 valence electrons. The van der Waals surface area contributed by atoms with Crippen molar-refractivity contribution in [1.29, 1.82) is 0 Å². The molecule has 2 aromatic rings. The van der Waals surface area contributed by atoms with E-state index in [0.717, 1.165) is 16.5 Å². The topological polar surface area (TPSA) is 12.9 Å². The Morgan fingerprint density at radius 1 is 1.29 bits per heavy atom. The summed E-state index contributed by atoms with van der Waals surface area (Å²) in [6, 6.07) is 5.55. The summed E-state index contributed by atoms with van der Waals surface area (Å²) in [5, 5.41) is 2.91. The molecule has 1 heterocycles. The van der Waals surface area contributed by atoms with E-state index in [1.54, 1.807) is 12.3 Å². The molecule has 0 atom stereocenters. The Hall–Kier alpha value is -0.310. The van der Waals surface area contributed by atoms with E-state index in [1.807, 2.05) is 12.1 Å². The highest BCUT2D eigenvalue weighted by Crippen LogP contribution is 2.32. The molecule has 14 heavy (non-hydrogen) atoms. The number of pyridine rings is 1. The highest BCUT2D eigenvalue weighted by molar-refractivity contribution is 9.08. The van der Waals surface area contributed by atoms with Crippen LogP contribution in [0.1, 0.15) is 5.56 Å². The zero-order chi connectivity index (χ0) is 10.1. The lowest BCUT2D eigenvalue weighted by Gasteiger charge is -2.06. The zero-order valence-electron chi connectivity index (χ0n) is 7.10. The van der Waals surface area contributed by atoms with Crippen molar-refractivity contribution in [1.82, 2.24) is 4.98 Å². The number of rotatable bonds is 1. The third kappa shape index (κ3) is 1.62. The summed E-state index contributed by atoms with van der Waals surface area (Å²) in [6.07, 6.45) is 1.74. The van der Waals surface area contributed by atoms with E-state index in [9.17, 15) is 0 Å². The molecule has 0 saturated heterocycles. The lowest BCUT2D eigenvalue weighted by Crippen LogP contribution is -1.88. The third-order valence-electron chi connectivity index (χ3n) is 2.03. The maximum atomic E-state index is 6.05. The highest BCUT2D eigenvalue weighted by atomic mass is 79.9. The van der Waals surface area contributed by atoms with E-state index in [2.05, 4.69) is 20.9 Å². The average Bonchev–Trinajstić information content (AvgIpc) is 2.18. The second kappa shape index (κ2) is 4.05. The molecular weight excluding hydrogens is 285 g/mol. The van der Waals surface area contributed by atoms with Gasteiger partial charge in [0.25, 0.3) is 0 Å². The molecule has 1 aromatic heterocycles. The summed E-state index contributed by atoms with van der Waals surface area (Å²) in [4.78, 5) is 4.27. The Morgan fingerprint density at radius 2 is 2.07 bits per heavy atom. The molecule has 0 saturated carbocycles. The lowest BCUT2D eigenvalue weighted by atomic mass is 10.1. The van der Waals surface area contributed by atoms with Crippen molar-refractivity contribution >= 4 is 50.0 Å². The van der Waals surface area contributed by atoms with Crippen LogP contribution < -0.4 is 0 Å². The normalized spacial score (nSPS) is 10.8. The largest absolute Gasteiger partial charge is 0.256 e. The lowest BCUT2D eigenvalue weighted by molar-refractivity contribution is 1.35. The van der Waals surface area contributed by atoms with E-state index in [1.165, 1.54) is 0 Å². The number of aromatic nitrogens is 1. The molecule has 0 spiro atoms. The molecule has 0 radical (unpaired) electrons. The van der Waals surface area contributed by atoms with Gasteiger partial charge < -0.3 is 0 Å². The third-order valence-corrected chi connectivity index (χ3v) is 3.24. The van der Waals surface area contributed by atoms with Gasteiger partial charge in [-0.3, -0.25) is 4.98 Å². The van der Waals surface area contributed by atoms with Gasteiger partial charge in [-0.1, -0.05) is 39.1 Å². The van der Waals surface area contributed by atoms with Crippen LogP contribution in [-0.2, 0) is 5.33 Å². The van der Waals surface area contributed by atoms with Crippen molar-refractivity contribution in [2.45, 2.75) is 5.33 Å². The molecule has 0 N–H and O–H groups in total. The second-order valence-corrected chi connectivity index (χ2v) is 4.23. The van der Waals surface area contributed by atoms with Crippen LogP contribution >= 0.6 is 39.1 Å². The summed E-state index contributed by atoms with van der Waals surface area (Å²) >= 11 is 15.5. The Labute approximate surface area is 100 Å². The maximum Gasteiger partial charge on any atom is 0.0772 e. The average molecular weight is 291 g/mol. The molecule has 0 aliphatic carbocycles. The number of benzene rings is 1. The van der Waals surface area contributed by atoms with Crippen molar-refractivity contribution in [3.05, 3.63) is 40.0 Å². The highest BCUT2D eigenvalue weighted by Gasteiger charge is 2.09. The summed E-state index contributed by atoms with van der Waals surface area (Å²) in [5.74, 6) is 0. The number of fused-ring (bicyclic) bond motifs is 1. The van der Waals surface area contributed by atoms with E-state index in [0.29, 0.717) is 15.4 Å². The van der Waals surface area contributed by atoms with Gasteiger partial charge >= 0.3 is 0 Å². The molecule has 1 aromatic carbocycles. The van der Waals surface area contributed by atoms with Gasteiger partial charge in [-0.05, 0) is 18.2 Å². The van der Waals surface area contributed by atoms with Crippen LogP contribution in [0.15, 0.2) is 24.4 Å². The van der Waals surface area contributed by atoms with Crippen LogP contribution in [0.3, 0.4) is 0 Å². The Morgan fingerprint density at radius 3 is 2.79 bits per heavy atom. The van der Waals surface area contributed by atoms with Gasteiger partial charge in [0.05, 0.1) is 10.5 Å². The minimum Gasteiger partial charge on any atom is -0.256 e. The fourth-order valence-electron chi connectivity index (χ4n) is 1.35. The predicted octanol–water partition coefficient (Wildman–Crippen LogP) is 4.44. The van der Waals surface area contributed by atoms with Gasteiger partial charge in [0.2, 0.25) is 0 Å². The molecular formula is C10H6BrCl2N. The molecule has 0 unspecified atom stereocenters. The molecule has 1 nitrogen and oxygen atoms in total. The first-order valence-corrected chi connectivity index (χ1v) is 5.89. The quantitative estimate of drug-likeness (QED) is 0.708. The van der Waals surface area contributed by atoms with Crippen molar-refractivity contribution in [2.24, 2.45) is 0 Å². The van der Waals surface area contributed by atoms with Crippen LogP contribution in [0.25, 0.3) is 10.9 Å². The monoisotopic (exact) mass is 289 g/mol. The Balaban J connectivity index is 2.90. The summed E-state index contributed by atoms with van der Waals surface area (Å²) in [7, 11) is 0. The van der Waals surface area contributed by atoms with Crippen LogP contribution in [0, 0.1) is 0 Å². The molecule has 2 rings (SSSR count). The van der Waals surface area contributed by atoms with Crippen molar-refractivity contribution in [2.75, 3.05) is 0 Å². The molecule has 0 aliphatic rings. The molecule has 4 heteroatoms. The van der Waals surface area contributed by atoms with Crippen LogP contribution in [0.4, 0.5) is 0 Å². The first-order chi connectivity index (χ1) is 6.74. The first kappa shape index (κ1) is 10.2. The van der Waals surface area contributed by atoms with E-state index in [-0.39, 0.29) is 0 Å². The van der Waals surface area contributed by atoms with Crippen molar-refractivity contribution in [3.63, 3.8) is 0 Å². The van der Waals surface area contributed by atoms with Gasteiger partial charge in [-0.25, -0.2) is 0 Å². The van der Waals surface area contributed by atoms with Gasteiger partial charge in [0.15, 0.2) is 0 Å². The SMILES string of the molecule is Clc1cc(Cl)c2cccnc2c1CBr. The van der Waals surface area contributed by atoms with Crippen LogP contribution in [0.5, 0.6) is 0 Å². The summed E-state index contributed by atoms with van der Waals surface area (Å²) in [6.45, 7) is 0. The number of hydrogen-bond donors (Lipinski definition) is 0. The minimum absolute atomic E-state index is 0.641. The first-order valence-electron chi connectivity index (χ1n) is 4.01. The number of alkyl halides is 1. The van der Waals surface area contributed by atoms with E-state index < -0.39 is 0 Å². The maximum absolute atomic E-state index is 6.05. The van der Waals surface area contributed by atoms with Gasteiger partial charge in [0.1, 0.15) is 0 Å². The Bertz CT molecular complexity index is 485. The van der Waals surface area contributed by atoms with Gasteiger partial charge in [0, 0.05) is 27.5 Å². The smallest absolute Gasteiger partial charge is 0.0772 e. The number of hydrogen-bond acceptors (Lipinski definition) is 1. The molecule has 0 bridgehead atoms. The standard InChI is InChI=1S/C10H6BrCl2N/c11-5-7-9(13)4-8(12)6-2-1-3-14-10(6)7/h1-4H,5H2. The number of nitrogens with zero attached hydrogens (tertiary/aromatic N) is 1. The molecule has 0 fully saturated rings. The fraction of sp³-hybridized carbons (Fsp3) is 0.100. The van der Waals surface area contributed by atoms with Crippen molar-refractivity contribution in [3.8, 4) is 0 Å². The van der Waals surface area contributed by atoms with Crippen LogP contribution in [-0.4, -0.2) is 4.98 Å². The summed E-state index contributed by atoms with van der Waals surface area (Å²) in [5.41, 5.74) is 1.84. The molecule has 0 amide bonds. The van der Waals surface area contributed by atoms with Gasteiger partial charge in [-0.2, -0.15) is 0 Å². The zero-order valence-corrected chi connectivity index (χ0v) is 10.2. The van der Waals surface area contributed by atoms with Gasteiger partial charge in [-0.15, -0.1) is 0 Å². The Kier molecular flexibility index (Phi) is 2.96. The van der Waals surface area contributed by atoms with E-state index in [4.69, 9.17) is 23.2 Å². The fourth-order valence-corrected chi connectivity index (χ4v) is 2.67. The van der Waals surface area contributed by atoms with E-state index >= 15 is 0 Å². The van der Waals surface area contributed by atoms with Crippen LogP contribution in [0.2, 0.25) is 10.0 Å². The minimum atomic E-state index is 0.641. The second-order valence-electron chi connectivity index (χ2n) is 2.85.